The van der Waals surface area contributed by atoms with Gasteiger partial charge in [-0.05, 0) is 37.6 Å². The third kappa shape index (κ3) is 4.68. The van der Waals surface area contributed by atoms with E-state index in [1.807, 2.05) is 0 Å². The molecule has 0 aliphatic carbocycles. The number of amides is 1. The summed E-state index contributed by atoms with van der Waals surface area (Å²) in [5, 5.41) is 5.83. The Labute approximate surface area is 123 Å². The van der Waals surface area contributed by atoms with Crippen molar-refractivity contribution in [2.45, 2.75) is 12.8 Å². The molecule has 1 heterocycles. The molecule has 116 valence electrons. The summed E-state index contributed by atoms with van der Waals surface area (Å²) >= 11 is 0. The van der Waals surface area contributed by atoms with E-state index in [0.29, 0.717) is 12.2 Å². The van der Waals surface area contributed by atoms with Gasteiger partial charge in [-0.25, -0.2) is 12.8 Å². The topological polar surface area (TPSA) is 87.3 Å². The molecule has 1 amide bonds. The van der Waals surface area contributed by atoms with Gasteiger partial charge in [0.15, 0.2) is 0 Å². The van der Waals surface area contributed by atoms with E-state index in [-0.39, 0.29) is 17.5 Å². The predicted octanol–water partition coefficient (Wildman–Crippen LogP) is 1.14. The van der Waals surface area contributed by atoms with Gasteiger partial charge in [-0.1, -0.05) is 0 Å². The molecule has 1 atom stereocenters. The van der Waals surface area contributed by atoms with Crippen LogP contribution in [0, 0.1) is 11.7 Å². The molecule has 2 rings (SSSR count). The van der Waals surface area contributed by atoms with E-state index in [1.54, 1.807) is 0 Å². The standard InChI is InChI=1S/C13H18FN3O3S/c1-21(19,20)17-12-7-10(4-5-11(12)14)16-13(18)9-3-2-6-15-8-9/h4-5,7,9,15,17H,2-3,6,8H2,1H3,(H,16,18). The summed E-state index contributed by atoms with van der Waals surface area (Å²) < 4.78 is 37.9. The Morgan fingerprint density at radius 2 is 2.19 bits per heavy atom. The molecule has 3 N–H and O–H groups in total. The van der Waals surface area contributed by atoms with E-state index in [4.69, 9.17) is 0 Å². The first-order valence-electron chi connectivity index (χ1n) is 6.64. The third-order valence-corrected chi connectivity index (χ3v) is 3.79. The summed E-state index contributed by atoms with van der Waals surface area (Å²) in [5.41, 5.74) is 0.176. The van der Waals surface area contributed by atoms with Gasteiger partial charge in [-0.3, -0.25) is 9.52 Å². The van der Waals surface area contributed by atoms with Crippen LogP contribution in [0.25, 0.3) is 0 Å². The highest BCUT2D eigenvalue weighted by Crippen LogP contribution is 2.21. The summed E-state index contributed by atoms with van der Waals surface area (Å²) in [6.45, 7) is 1.52. The quantitative estimate of drug-likeness (QED) is 0.777. The van der Waals surface area contributed by atoms with Gasteiger partial charge < -0.3 is 10.6 Å². The maximum absolute atomic E-state index is 13.5. The van der Waals surface area contributed by atoms with E-state index in [0.717, 1.165) is 31.7 Å². The van der Waals surface area contributed by atoms with Crippen molar-refractivity contribution in [1.82, 2.24) is 5.32 Å². The van der Waals surface area contributed by atoms with E-state index in [1.165, 1.54) is 12.1 Å². The van der Waals surface area contributed by atoms with Crippen LogP contribution in [-0.2, 0) is 14.8 Å². The van der Waals surface area contributed by atoms with Crippen LogP contribution in [-0.4, -0.2) is 33.7 Å². The second-order valence-electron chi connectivity index (χ2n) is 5.10. The molecule has 0 bridgehead atoms. The van der Waals surface area contributed by atoms with E-state index >= 15 is 0 Å². The Morgan fingerprint density at radius 1 is 1.43 bits per heavy atom. The molecule has 1 aromatic rings. The molecule has 1 fully saturated rings. The number of sulfonamides is 1. The van der Waals surface area contributed by atoms with Gasteiger partial charge in [0.2, 0.25) is 15.9 Å². The number of halogens is 1. The average molecular weight is 315 g/mol. The van der Waals surface area contributed by atoms with Crippen molar-refractivity contribution in [2.24, 2.45) is 5.92 Å². The fraction of sp³-hybridized carbons (Fsp3) is 0.462. The molecule has 1 saturated heterocycles. The summed E-state index contributed by atoms with van der Waals surface area (Å²) in [7, 11) is -3.58. The van der Waals surface area contributed by atoms with E-state index in [2.05, 4.69) is 15.4 Å². The monoisotopic (exact) mass is 315 g/mol. The molecule has 6 nitrogen and oxygen atoms in total. The maximum Gasteiger partial charge on any atom is 0.229 e. The Balaban J connectivity index is 2.09. The number of rotatable bonds is 4. The number of carbonyl (C=O) groups excluding carboxylic acids is 1. The number of nitrogens with one attached hydrogen (secondary N) is 3. The summed E-state index contributed by atoms with van der Waals surface area (Å²) in [4.78, 5) is 12.1. The first-order chi connectivity index (χ1) is 9.85. The predicted molar refractivity (Wildman–Crippen MR) is 79.1 cm³/mol. The lowest BCUT2D eigenvalue weighted by Crippen LogP contribution is -2.37. The number of benzene rings is 1. The lowest BCUT2D eigenvalue weighted by Gasteiger charge is -2.22. The fourth-order valence-corrected chi connectivity index (χ4v) is 2.76. The van der Waals surface area contributed by atoms with Crippen molar-refractivity contribution in [1.29, 1.82) is 0 Å². The summed E-state index contributed by atoms with van der Waals surface area (Å²) in [6.07, 6.45) is 2.67. The molecule has 0 spiro atoms. The highest BCUT2D eigenvalue weighted by atomic mass is 32.2. The van der Waals surface area contributed by atoms with Crippen molar-refractivity contribution < 1.29 is 17.6 Å². The van der Waals surface area contributed by atoms with Gasteiger partial charge in [-0.2, -0.15) is 0 Å². The van der Waals surface area contributed by atoms with Gasteiger partial charge in [0.05, 0.1) is 17.9 Å². The first kappa shape index (κ1) is 15.7. The van der Waals surface area contributed by atoms with Crippen LogP contribution in [0.1, 0.15) is 12.8 Å². The smallest absolute Gasteiger partial charge is 0.229 e. The normalized spacial score (nSPS) is 19.0. The SMILES string of the molecule is CS(=O)(=O)Nc1cc(NC(=O)C2CCCNC2)ccc1F. The van der Waals surface area contributed by atoms with Crippen LogP contribution >= 0.6 is 0 Å². The number of anilines is 2. The van der Waals surface area contributed by atoms with Crippen LogP contribution < -0.4 is 15.4 Å². The third-order valence-electron chi connectivity index (χ3n) is 3.20. The van der Waals surface area contributed by atoms with E-state index in [9.17, 15) is 17.6 Å². The second-order valence-corrected chi connectivity index (χ2v) is 6.85. The Kier molecular flexibility index (Phi) is 4.79. The summed E-state index contributed by atoms with van der Waals surface area (Å²) in [5.74, 6) is -0.980. The minimum Gasteiger partial charge on any atom is -0.326 e. The lowest BCUT2D eigenvalue weighted by molar-refractivity contribution is -0.120. The molecule has 0 saturated carbocycles. The van der Waals surface area contributed by atoms with Gasteiger partial charge in [0.1, 0.15) is 5.82 Å². The molecule has 0 aromatic heterocycles. The zero-order chi connectivity index (χ0) is 15.5. The molecular formula is C13H18FN3O3S. The minimum absolute atomic E-state index is 0.130. The molecule has 1 aliphatic rings. The Bertz CT molecular complexity index is 628. The molecule has 0 radical (unpaired) electrons. The van der Waals surface area contributed by atoms with E-state index < -0.39 is 15.8 Å². The zero-order valence-electron chi connectivity index (χ0n) is 11.6. The highest BCUT2D eigenvalue weighted by molar-refractivity contribution is 7.92. The maximum atomic E-state index is 13.5. The van der Waals surface area contributed by atoms with Gasteiger partial charge in [0.25, 0.3) is 0 Å². The number of hydrogen-bond donors (Lipinski definition) is 3. The van der Waals surface area contributed by atoms with Crippen molar-refractivity contribution in [3.05, 3.63) is 24.0 Å². The average Bonchev–Trinajstić information content (AvgIpc) is 2.42. The molecule has 1 aromatic carbocycles. The molecule has 1 aliphatic heterocycles. The number of piperidine rings is 1. The Morgan fingerprint density at radius 3 is 2.81 bits per heavy atom. The van der Waals surface area contributed by atoms with Crippen LogP contribution in [0.2, 0.25) is 0 Å². The molecule has 21 heavy (non-hydrogen) atoms. The van der Waals surface area contributed by atoms with Crippen molar-refractivity contribution in [3.8, 4) is 0 Å². The number of hydrogen-bond acceptors (Lipinski definition) is 4. The molecule has 8 heteroatoms. The second kappa shape index (κ2) is 6.40. The van der Waals surface area contributed by atoms with Crippen molar-refractivity contribution in [2.75, 3.05) is 29.4 Å². The summed E-state index contributed by atoms with van der Waals surface area (Å²) in [6, 6.07) is 3.78. The van der Waals surface area contributed by atoms with Crippen LogP contribution in [0.15, 0.2) is 18.2 Å². The van der Waals surface area contributed by atoms with Gasteiger partial charge >= 0.3 is 0 Å². The molecular weight excluding hydrogens is 297 g/mol. The zero-order valence-corrected chi connectivity index (χ0v) is 12.5. The van der Waals surface area contributed by atoms with Crippen LogP contribution in [0.4, 0.5) is 15.8 Å². The minimum atomic E-state index is -3.58. The van der Waals surface area contributed by atoms with Crippen molar-refractivity contribution >= 4 is 27.3 Å². The lowest BCUT2D eigenvalue weighted by atomic mass is 9.99. The van der Waals surface area contributed by atoms with Crippen molar-refractivity contribution in [3.63, 3.8) is 0 Å². The highest BCUT2D eigenvalue weighted by Gasteiger charge is 2.21. The largest absolute Gasteiger partial charge is 0.326 e. The van der Waals surface area contributed by atoms with Crippen LogP contribution in [0.5, 0.6) is 0 Å². The van der Waals surface area contributed by atoms with Gasteiger partial charge in [0, 0.05) is 12.2 Å². The van der Waals surface area contributed by atoms with Crippen LogP contribution in [0.3, 0.4) is 0 Å². The number of carbonyl (C=O) groups is 1. The molecule has 1 unspecified atom stereocenters. The Hall–Kier alpha value is -1.67. The fourth-order valence-electron chi connectivity index (χ4n) is 2.20. The van der Waals surface area contributed by atoms with Gasteiger partial charge in [-0.15, -0.1) is 0 Å². The first-order valence-corrected chi connectivity index (χ1v) is 8.53.